The fourth-order valence-electron chi connectivity index (χ4n) is 2.11. The standard InChI is InChI=1S/C14H19N3O/c1-3-17-14-7-5-4-6-12(14)13(16-17)10-11(18)8-9-15-2/h4-7,15H,3,8-10H2,1-2H3. The molecule has 0 fully saturated rings. The first kappa shape index (κ1) is 12.8. The molecule has 0 atom stereocenters. The molecule has 0 aliphatic rings. The minimum atomic E-state index is 0.232. The van der Waals surface area contributed by atoms with Crippen LogP contribution in [0.1, 0.15) is 19.0 Å². The molecule has 1 aromatic carbocycles. The Morgan fingerprint density at radius 1 is 1.39 bits per heavy atom. The number of carbonyl (C=O) groups is 1. The van der Waals surface area contributed by atoms with E-state index in [0.717, 1.165) is 29.7 Å². The number of fused-ring (bicyclic) bond motifs is 1. The Morgan fingerprint density at radius 2 is 2.17 bits per heavy atom. The number of carbonyl (C=O) groups excluding carboxylic acids is 1. The van der Waals surface area contributed by atoms with Gasteiger partial charge in [-0.1, -0.05) is 18.2 Å². The van der Waals surface area contributed by atoms with Crippen molar-refractivity contribution in [3.63, 3.8) is 0 Å². The van der Waals surface area contributed by atoms with E-state index in [1.54, 1.807) is 0 Å². The SMILES string of the molecule is CCn1nc(CC(=O)CCNC)c2ccccc21. The Balaban J connectivity index is 2.25. The van der Waals surface area contributed by atoms with Crippen molar-refractivity contribution in [2.45, 2.75) is 26.3 Å². The number of ketones is 1. The zero-order chi connectivity index (χ0) is 13.0. The Hall–Kier alpha value is -1.68. The first-order valence-corrected chi connectivity index (χ1v) is 6.37. The third-order valence-electron chi connectivity index (χ3n) is 3.05. The molecule has 2 aromatic rings. The van der Waals surface area contributed by atoms with Crippen molar-refractivity contribution < 1.29 is 4.79 Å². The van der Waals surface area contributed by atoms with Crippen LogP contribution in [-0.4, -0.2) is 29.2 Å². The zero-order valence-corrected chi connectivity index (χ0v) is 10.9. The van der Waals surface area contributed by atoms with Crippen LogP contribution in [0, 0.1) is 0 Å². The molecule has 0 aliphatic carbocycles. The van der Waals surface area contributed by atoms with Gasteiger partial charge in [0.2, 0.25) is 0 Å². The summed E-state index contributed by atoms with van der Waals surface area (Å²) in [5, 5.41) is 8.62. The number of aryl methyl sites for hydroxylation is 1. The first-order chi connectivity index (χ1) is 8.76. The zero-order valence-electron chi connectivity index (χ0n) is 10.9. The number of rotatable bonds is 6. The van der Waals surface area contributed by atoms with E-state index in [4.69, 9.17) is 0 Å². The molecule has 0 bridgehead atoms. The molecule has 2 rings (SSSR count). The van der Waals surface area contributed by atoms with Gasteiger partial charge < -0.3 is 5.32 Å². The molecule has 1 N–H and O–H groups in total. The summed E-state index contributed by atoms with van der Waals surface area (Å²) in [5.74, 6) is 0.232. The van der Waals surface area contributed by atoms with Gasteiger partial charge in [-0.05, 0) is 20.0 Å². The fraction of sp³-hybridized carbons (Fsp3) is 0.429. The highest BCUT2D eigenvalue weighted by molar-refractivity contribution is 5.88. The predicted octanol–water partition coefficient (Wildman–Crippen LogP) is 1.78. The number of hydrogen-bond acceptors (Lipinski definition) is 3. The number of benzene rings is 1. The van der Waals surface area contributed by atoms with Crippen molar-refractivity contribution in [3.05, 3.63) is 30.0 Å². The molecule has 0 spiro atoms. The van der Waals surface area contributed by atoms with Crippen molar-refractivity contribution in [1.29, 1.82) is 0 Å². The molecule has 1 heterocycles. The molecule has 0 saturated heterocycles. The van der Waals surface area contributed by atoms with E-state index >= 15 is 0 Å². The molecule has 0 saturated carbocycles. The van der Waals surface area contributed by atoms with Crippen LogP contribution < -0.4 is 5.32 Å². The van der Waals surface area contributed by atoms with E-state index in [1.807, 2.05) is 36.0 Å². The summed E-state index contributed by atoms with van der Waals surface area (Å²) in [6.07, 6.45) is 0.985. The molecule has 18 heavy (non-hydrogen) atoms. The lowest BCUT2D eigenvalue weighted by molar-refractivity contribution is -0.118. The summed E-state index contributed by atoms with van der Waals surface area (Å²) in [5.41, 5.74) is 2.00. The van der Waals surface area contributed by atoms with Gasteiger partial charge in [-0.2, -0.15) is 5.10 Å². The van der Waals surface area contributed by atoms with Crippen molar-refractivity contribution >= 4 is 16.7 Å². The average molecular weight is 245 g/mol. The van der Waals surface area contributed by atoms with Gasteiger partial charge in [-0.15, -0.1) is 0 Å². The van der Waals surface area contributed by atoms with Crippen LogP contribution in [0.5, 0.6) is 0 Å². The molecule has 0 unspecified atom stereocenters. The quantitative estimate of drug-likeness (QED) is 0.844. The predicted molar refractivity (Wildman–Crippen MR) is 72.7 cm³/mol. The largest absolute Gasteiger partial charge is 0.319 e. The molecule has 0 aliphatic heterocycles. The van der Waals surface area contributed by atoms with Gasteiger partial charge in [0.1, 0.15) is 5.78 Å². The van der Waals surface area contributed by atoms with Crippen molar-refractivity contribution in [1.82, 2.24) is 15.1 Å². The van der Waals surface area contributed by atoms with E-state index in [0.29, 0.717) is 12.8 Å². The Bertz CT molecular complexity index is 545. The van der Waals surface area contributed by atoms with Crippen molar-refractivity contribution in [3.8, 4) is 0 Å². The van der Waals surface area contributed by atoms with Gasteiger partial charge in [0.05, 0.1) is 17.6 Å². The Morgan fingerprint density at radius 3 is 2.89 bits per heavy atom. The van der Waals surface area contributed by atoms with Gasteiger partial charge in [0.15, 0.2) is 0 Å². The second-order valence-electron chi connectivity index (χ2n) is 4.35. The molecular weight excluding hydrogens is 226 g/mol. The number of aromatic nitrogens is 2. The van der Waals surface area contributed by atoms with E-state index in [-0.39, 0.29) is 5.78 Å². The second-order valence-corrected chi connectivity index (χ2v) is 4.35. The number of nitrogens with one attached hydrogen (secondary N) is 1. The normalized spacial score (nSPS) is 11.0. The number of Topliss-reactive ketones (excluding diaryl/α,β-unsaturated/α-hetero) is 1. The highest BCUT2D eigenvalue weighted by atomic mass is 16.1. The Kier molecular flexibility index (Phi) is 4.10. The van der Waals surface area contributed by atoms with Crippen molar-refractivity contribution in [2.75, 3.05) is 13.6 Å². The van der Waals surface area contributed by atoms with Crippen LogP contribution in [0.4, 0.5) is 0 Å². The lowest BCUT2D eigenvalue weighted by Gasteiger charge is -1.98. The number of hydrogen-bond donors (Lipinski definition) is 1. The maximum absolute atomic E-state index is 11.8. The highest BCUT2D eigenvalue weighted by Gasteiger charge is 2.12. The lowest BCUT2D eigenvalue weighted by Crippen LogP contribution is -2.14. The summed E-state index contributed by atoms with van der Waals surface area (Å²) in [7, 11) is 1.86. The van der Waals surface area contributed by atoms with Crippen molar-refractivity contribution in [2.24, 2.45) is 0 Å². The minimum absolute atomic E-state index is 0.232. The summed E-state index contributed by atoms with van der Waals surface area (Å²) in [4.78, 5) is 11.8. The van der Waals surface area contributed by atoms with E-state index in [1.165, 1.54) is 0 Å². The van der Waals surface area contributed by atoms with Crippen LogP contribution in [0.15, 0.2) is 24.3 Å². The average Bonchev–Trinajstić information content (AvgIpc) is 2.75. The van der Waals surface area contributed by atoms with Gasteiger partial charge in [0, 0.05) is 24.9 Å². The molecule has 1 aromatic heterocycles. The van der Waals surface area contributed by atoms with Crippen LogP contribution in [0.3, 0.4) is 0 Å². The van der Waals surface area contributed by atoms with Gasteiger partial charge >= 0.3 is 0 Å². The van der Waals surface area contributed by atoms with Gasteiger partial charge in [-0.25, -0.2) is 0 Å². The third-order valence-corrected chi connectivity index (χ3v) is 3.05. The lowest BCUT2D eigenvalue weighted by atomic mass is 10.1. The Labute approximate surface area is 107 Å². The maximum Gasteiger partial charge on any atom is 0.140 e. The first-order valence-electron chi connectivity index (χ1n) is 6.37. The monoisotopic (exact) mass is 245 g/mol. The summed E-state index contributed by atoms with van der Waals surface area (Å²) >= 11 is 0. The van der Waals surface area contributed by atoms with Gasteiger partial charge in [0.25, 0.3) is 0 Å². The van der Waals surface area contributed by atoms with Crippen LogP contribution in [0.2, 0.25) is 0 Å². The molecule has 4 heteroatoms. The molecule has 0 radical (unpaired) electrons. The molecule has 4 nitrogen and oxygen atoms in total. The second kappa shape index (κ2) is 5.78. The fourth-order valence-corrected chi connectivity index (χ4v) is 2.11. The summed E-state index contributed by atoms with van der Waals surface area (Å²) in [6.45, 7) is 3.61. The smallest absolute Gasteiger partial charge is 0.140 e. The molecule has 0 amide bonds. The number of para-hydroxylation sites is 1. The minimum Gasteiger partial charge on any atom is -0.319 e. The number of nitrogens with zero attached hydrogens (tertiary/aromatic N) is 2. The third kappa shape index (κ3) is 2.59. The molecular formula is C14H19N3O. The van der Waals surface area contributed by atoms with E-state index in [9.17, 15) is 4.79 Å². The van der Waals surface area contributed by atoms with Crippen LogP contribution in [-0.2, 0) is 17.8 Å². The van der Waals surface area contributed by atoms with E-state index < -0.39 is 0 Å². The van der Waals surface area contributed by atoms with Crippen LogP contribution in [0.25, 0.3) is 10.9 Å². The maximum atomic E-state index is 11.8. The van der Waals surface area contributed by atoms with Crippen LogP contribution >= 0.6 is 0 Å². The van der Waals surface area contributed by atoms with Gasteiger partial charge in [-0.3, -0.25) is 9.48 Å². The highest BCUT2D eigenvalue weighted by Crippen LogP contribution is 2.19. The topological polar surface area (TPSA) is 46.9 Å². The molecule has 96 valence electrons. The summed E-state index contributed by atoms with van der Waals surface area (Å²) in [6, 6.07) is 8.08. The van der Waals surface area contributed by atoms with E-state index in [2.05, 4.69) is 17.3 Å². The summed E-state index contributed by atoms with van der Waals surface area (Å²) < 4.78 is 1.95.